The maximum absolute atomic E-state index is 7.97. The predicted molar refractivity (Wildman–Crippen MR) is 55.5 cm³/mol. The van der Waals surface area contributed by atoms with Crippen molar-refractivity contribution >= 4 is 11.2 Å². The first-order chi connectivity index (χ1) is 7.84. The first kappa shape index (κ1) is 8.90. The van der Waals surface area contributed by atoms with E-state index < -0.39 is 0 Å². The average molecular weight is 215 g/mol. The summed E-state index contributed by atoms with van der Waals surface area (Å²) >= 11 is 0. The van der Waals surface area contributed by atoms with Crippen LogP contribution in [-0.4, -0.2) is 19.5 Å². The zero-order valence-corrected chi connectivity index (χ0v) is 8.34. The highest BCUT2D eigenvalue weighted by Crippen LogP contribution is 2.03. The maximum Gasteiger partial charge on any atom is 0.182 e. The van der Waals surface area contributed by atoms with Crippen molar-refractivity contribution in [1.29, 1.82) is 5.41 Å². The third kappa shape index (κ3) is 1.31. The van der Waals surface area contributed by atoms with Gasteiger partial charge in [-0.2, -0.15) is 0 Å². The van der Waals surface area contributed by atoms with Crippen molar-refractivity contribution in [2.75, 3.05) is 0 Å². The van der Waals surface area contributed by atoms with E-state index in [-0.39, 0.29) is 0 Å². The SMILES string of the molecule is N=c1c2[nH]cnc2ncn1Cc1ccco1. The van der Waals surface area contributed by atoms with Gasteiger partial charge in [0.2, 0.25) is 0 Å². The van der Waals surface area contributed by atoms with Crippen LogP contribution in [0.4, 0.5) is 0 Å². The van der Waals surface area contributed by atoms with Gasteiger partial charge in [-0.1, -0.05) is 0 Å². The van der Waals surface area contributed by atoms with Gasteiger partial charge < -0.3 is 14.0 Å². The number of fused-ring (bicyclic) bond motifs is 1. The molecule has 16 heavy (non-hydrogen) atoms. The molecule has 2 N–H and O–H groups in total. The topological polar surface area (TPSA) is 83.5 Å². The van der Waals surface area contributed by atoms with Crippen molar-refractivity contribution in [3.8, 4) is 0 Å². The summed E-state index contributed by atoms with van der Waals surface area (Å²) in [6, 6.07) is 3.69. The van der Waals surface area contributed by atoms with E-state index in [9.17, 15) is 0 Å². The molecule has 0 bridgehead atoms. The lowest BCUT2D eigenvalue weighted by Crippen LogP contribution is -2.21. The van der Waals surface area contributed by atoms with Gasteiger partial charge in [0.05, 0.1) is 25.5 Å². The Morgan fingerprint density at radius 1 is 1.44 bits per heavy atom. The van der Waals surface area contributed by atoms with E-state index in [0.29, 0.717) is 23.2 Å². The van der Waals surface area contributed by atoms with Crippen molar-refractivity contribution in [2.24, 2.45) is 0 Å². The largest absolute Gasteiger partial charge is 0.467 e. The Morgan fingerprint density at radius 3 is 3.19 bits per heavy atom. The molecule has 0 atom stereocenters. The number of aromatic nitrogens is 4. The van der Waals surface area contributed by atoms with E-state index >= 15 is 0 Å². The Bertz CT molecular complexity index is 664. The number of aromatic amines is 1. The zero-order chi connectivity index (χ0) is 11.0. The molecule has 3 aromatic heterocycles. The highest BCUT2D eigenvalue weighted by atomic mass is 16.3. The number of H-pyrrole nitrogens is 1. The van der Waals surface area contributed by atoms with Crippen molar-refractivity contribution < 1.29 is 4.42 Å². The molecule has 0 spiro atoms. The van der Waals surface area contributed by atoms with Crippen LogP contribution in [0, 0.1) is 5.41 Å². The molecule has 6 nitrogen and oxygen atoms in total. The number of nitrogens with zero attached hydrogens (tertiary/aromatic N) is 3. The van der Waals surface area contributed by atoms with Crippen molar-refractivity contribution in [2.45, 2.75) is 6.54 Å². The minimum atomic E-state index is 0.346. The lowest BCUT2D eigenvalue weighted by Gasteiger charge is -2.03. The number of rotatable bonds is 2. The first-order valence-electron chi connectivity index (χ1n) is 4.80. The Labute approximate surface area is 90.1 Å². The zero-order valence-electron chi connectivity index (χ0n) is 8.34. The summed E-state index contributed by atoms with van der Waals surface area (Å²) in [4.78, 5) is 11.0. The second-order valence-corrected chi connectivity index (χ2v) is 3.40. The quantitative estimate of drug-likeness (QED) is 0.665. The fourth-order valence-electron chi connectivity index (χ4n) is 1.58. The van der Waals surface area contributed by atoms with Gasteiger partial charge in [0.15, 0.2) is 11.1 Å². The average Bonchev–Trinajstić information content (AvgIpc) is 2.93. The van der Waals surface area contributed by atoms with Gasteiger partial charge in [0.25, 0.3) is 0 Å². The van der Waals surface area contributed by atoms with Gasteiger partial charge in [-0.05, 0) is 12.1 Å². The van der Waals surface area contributed by atoms with Crippen LogP contribution in [-0.2, 0) is 6.54 Å². The molecule has 0 aliphatic heterocycles. The molecule has 0 fully saturated rings. The van der Waals surface area contributed by atoms with Crippen LogP contribution in [0.5, 0.6) is 0 Å². The number of nitrogens with one attached hydrogen (secondary N) is 2. The number of hydrogen-bond donors (Lipinski definition) is 2. The van der Waals surface area contributed by atoms with Gasteiger partial charge in [-0.3, -0.25) is 5.41 Å². The molecule has 0 aromatic carbocycles. The summed E-state index contributed by atoms with van der Waals surface area (Å²) in [5.74, 6) is 0.791. The molecule has 3 rings (SSSR count). The molecule has 80 valence electrons. The summed E-state index contributed by atoms with van der Waals surface area (Å²) in [5.41, 5.74) is 1.54. The summed E-state index contributed by atoms with van der Waals surface area (Å²) in [5, 5.41) is 7.97. The molecule has 3 aromatic rings. The number of hydrogen-bond acceptors (Lipinski definition) is 4. The van der Waals surface area contributed by atoms with Crippen LogP contribution in [0.25, 0.3) is 11.2 Å². The molecule has 6 heteroatoms. The molecule has 0 saturated carbocycles. The molecule has 0 unspecified atom stereocenters. The fraction of sp³-hybridized carbons (Fsp3) is 0.100. The summed E-state index contributed by atoms with van der Waals surface area (Å²) in [7, 11) is 0. The maximum atomic E-state index is 7.97. The monoisotopic (exact) mass is 215 g/mol. The highest BCUT2D eigenvalue weighted by Gasteiger charge is 2.04. The minimum Gasteiger partial charge on any atom is -0.467 e. The smallest absolute Gasteiger partial charge is 0.182 e. The third-order valence-corrected chi connectivity index (χ3v) is 2.37. The van der Waals surface area contributed by atoms with Crippen LogP contribution < -0.4 is 5.49 Å². The van der Waals surface area contributed by atoms with Crippen LogP contribution in [0.3, 0.4) is 0 Å². The number of furan rings is 1. The predicted octanol–water partition coefficient (Wildman–Crippen LogP) is 0.880. The third-order valence-electron chi connectivity index (χ3n) is 2.37. The molecule has 3 heterocycles. The molecule has 0 aliphatic rings. The van der Waals surface area contributed by atoms with Crippen LogP contribution >= 0.6 is 0 Å². The Morgan fingerprint density at radius 2 is 2.38 bits per heavy atom. The van der Waals surface area contributed by atoms with Crippen molar-refractivity contribution in [1.82, 2.24) is 19.5 Å². The van der Waals surface area contributed by atoms with Crippen molar-refractivity contribution in [3.63, 3.8) is 0 Å². The molecular weight excluding hydrogens is 206 g/mol. The van der Waals surface area contributed by atoms with Crippen LogP contribution in [0.1, 0.15) is 5.76 Å². The Hall–Kier alpha value is -2.37. The lowest BCUT2D eigenvalue weighted by atomic mass is 10.4. The van der Waals surface area contributed by atoms with Gasteiger partial charge in [-0.15, -0.1) is 0 Å². The molecule has 0 radical (unpaired) electrons. The summed E-state index contributed by atoms with van der Waals surface area (Å²) in [6.07, 6.45) is 4.74. The van der Waals surface area contributed by atoms with E-state index in [1.54, 1.807) is 17.2 Å². The summed E-state index contributed by atoms with van der Waals surface area (Å²) in [6.45, 7) is 0.494. The summed E-state index contributed by atoms with van der Waals surface area (Å²) < 4.78 is 6.92. The lowest BCUT2D eigenvalue weighted by molar-refractivity contribution is 0.486. The van der Waals surface area contributed by atoms with Gasteiger partial charge in [0, 0.05) is 0 Å². The Balaban J connectivity index is 2.10. The van der Waals surface area contributed by atoms with Crippen molar-refractivity contribution in [3.05, 3.63) is 42.3 Å². The fourth-order valence-corrected chi connectivity index (χ4v) is 1.58. The molecule has 0 saturated heterocycles. The van der Waals surface area contributed by atoms with E-state index in [0.717, 1.165) is 5.76 Å². The van der Waals surface area contributed by atoms with Crippen LogP contribution in [0.15, 0.2) is 35.5 Å². The van der Waals surface area contributed by atoms with E-state index in [1.807, 2.05) is 12.1 Å². The Kier molecular flexibility index (Phi) is 1.86. The molecule has 0 aliphatic carbocycles. The van der Waals surface area contributed by atoms with E-state index in [2.05, 4.69) is 15.0 Å². The van der Waals surface area contributed by atoms with E-state index in [4.69, 9.17) is 9.83 Å². The van der Waals surface area contributed by atoms with E-state index in [1.165, 1.54) is 6.33 Å². The first-order valence-corrected chi connectivity index (χ1v) is 4.80. The second kappa shape index (κ2) is 3.34. The number of imidazole rings is 1. The molecule has 0 amide bonds. The van der Waals surface area contributed by atoms with Gasteiger partial charge in [0.1, 0.15) is 11.3 Å². The second-order valence-electron chi connectivity index (χ2n) is 3.40. The van der Waals surface area contributed by atoms with Crippen LogP contribution in [0.2, 0.25) is 0 Å². The molecular formula is C10H9N5O. The standard InChI is InChI=1S/C10H9N5O/c11-9-8-10(13-5-12-8)14-6-15(9)4-7-2-1-3-16-7/h1-3,5-6,11H,4H2,(H,12,13). The van der Waals surface area contributed by atoms with Gasteiger partial charge >= 0.3 is 0 Å². The van der Waals surface area contributed by atoms with Gasteiger partial charge in [-0.25, -0.2) is 9.97 Å². The highest BCUT2D eigenvalue weighted by molar-refractivity contribution is 5.67. The normalized spacial score (nSPS) is 11.0. The minimum absolute atomic E-state index is 0.346.